The molecule has 2 nitrogen and oxygen atoms in total. The number of hydrogen-bond donors (Lipinski definition) is 2. The summed E-state index contributed by atoms with van der Waals surface area (Å²) in [4.78, 5) is 0. The van der Waals surface area contributed by atoms with Gasteiger partial charge in [-0.1, -0.05) is 32.9 Å². The van der Waals surface area contributed by atoms with Gasteiger partial charge >= 0.3 is 0 Å². The smallest absolute Gasteiger partial charge is 0.123 e. The number of nitrogens with two attached hydrogens (primary N) is 1. The van der Waals surface area contributed by atoms with Gasteiger partial charge in [0.05, 0.1) is 0 Å². The van der Waals surface area contributed by atoms with Gasteiger partial charge in [0.1, 0.15) is 5.84 Å². The lowest BCUT2D eigenvalue weighted by atomic mass is 9.91. The summed E-state index contributed by atoms with van der Waals surface area (Å²) >= 11 is 0. The fraction of sp³-hybridized carbons (Fsp3) is 0.462. The van der Waals surface area contributed by atoms with Crippen molar-refractivity contribution in [3.8, 4) is 0 Å². The molecular weight excluding hydrogens is 184 g/mol. The highest BCUT2D eigenvalue weighted by molar-refractivity contribution is 5.96. The number of nitrogens with one attached hydrogen (secondary N) is 1. The van der Waals surface area contributed by atoms with E-state index < -0.39 is 0 Å². The molecule has 0 bridgehead atoms. The molecule has 1 aromatic carbocycles. The Bertz CT molecular complexity index is 367. The van der Waals surface area contributed by atoms with Crippen LogP contribution in [0.25, 0.3) is 0 Å². The predicted octanol–water partition coefficient (Wildman–Crippen LogP) is 2.66. The second kappa shape index (κ2) is 4.96. The summed E-state index contributed by atoms with van der Waals surface area (Å²) in [6.45, 7) is 6.46. The molecule has 0 radical (unpaired) electrons. The van der Waals surface area contributed by atoms with Crippen LogP contribution >= 0.6 is 0 Å². The minimum absolute atomic E-state index is 0.184. The van der Waals surface area contributed by atoms with Gasteiger partial charge in [-0.15, -0.1) is 0 Å². The Balaban J connectivity index is 3.40. The maximum atomic E-state index is 7.56. The molecule has 82 valence electrons. The Kier molecular flexibility index (Phi) is 3.89. The SMILES string of the molecule is CCc1ccc(C(=N)N)c(CC)c1CC. The van der Waals surface area contributed by atoms with Gasteiger partial charge in [0.25, 0.3) is 0 Å². The Morgan fingerprint density at radius 1 is 1.07 bits per heavy atom. The lowest BCUT2D eigenvalue weighted by Crippen LogP contribution is -2.15. The molecule has 0 aromatic heterocycles. The van der Waals surface area contributed by atoms with Crippen molar-refractivity contribution in [1.29, 1.82) is 5.41 Å². The molecule has 0 saturated carbocycles. The molecule has 0 aliphatic carbocycles. The van der Waals surface area contributed by atoms with Gasteiger partial charge in [0, 0.05) is 5.56 Å². The van der Waals surface area contributed by atoms with E-state index in [0.29, 0.717) is 0 Å². The third-order valence-corrected chi connectivity index (χ3v) is 2.91. The van der Waals surface area contributed by atoms with E-state index in [1.807, 2.05) is 6.07 Å². The van der Waals surface area contributed by atoms with Gasteiger partial charge in [-0.05, 0) is 36.0 Å². The largest absolute Gasteiger partial charge is 0.384 e. The Labute approximate surface area is 92.0 Å². The highest BCUT2D eigenvalue weighted by Gasteiger charge is 2.11. The molecule has 1 rings (SSSR count). The van der Waals surface area contributed by atoms with Gasteiger partial charge in [0.15, 0.2) is 0 Å². The van der Waals surface area contributed by atoms with Crippen molar-refractivity contribution in [3.05, 3.63) is 34.4 Å². The molecule has 0 aliphatic heterocycles. The summed E-state index contributed by atoms with van der Waals surface area (Å²) < 4.78 is 0. The van der Waals surface area contributed by atoms with Gasteiger partial charge in [-0.3, -0.25) is 5.41 Å². The number of benzene rings is 1. The summed E-state index contributed by atoms with van der Waals surface area (Å²) in [7, 11) is 0. The van der Waals surface area contributed by atoms with Crippen LogP contribution in [0, 0.1) is 5.41 Å². The topological polar surface area (TPSA) is 49.9 Å². The lowest BCUT2D eigenvalue weighted by molar-refractivity contribution is 0.976. The van der Waals surface area contributed by atoms with E-state index in [2.05, 4.69) is 26.8 Å². The molecule has 2 heteroatoms. The summed E-state index contributed by atoms with van der Waals surface area (Å²) in [5.41, 5.74) is 10.5. The molecule has 0 heterocycles. The minimum atomic E-state index is 0.184. The first kappa shape index (κ1) is 11.8. The summed E-state index contributed by atoms with van der Waals surface area (Å²) in [5, 5.41) is 7.56. The lowest BCUT2D eigenvalue weighted by Gasteiger charge is -2.15. The monoisotopic (exact) mass is 204 g/mol. The van der Waals surface area contributed by atoms with Crippen molar-refractivity contribution in [2.45, 2.75) is 40.0 Å². The highest BCUT2D eigenvalue weighted by atomic mass is 14.7. The van der Waals surface area contributed by atoms with E-state index in [1.165, 1.54) is 16.7 Å². The molecule has 0 saturated heterocycles. The van der Waals surface area contributed by atoms with Crippen molar-refractivity contribution in [2.24, 2.45) is 5.73 Å². The number of amidine groups is 1. The standard InChI is InChI=1S/C13H20N2/c1-4-9-7-8-12(13(14)15)11(6-3)10(9)5-2/h7-8H,4-6H2,1-3H3,(H3,14,15). The van der Waals surface area contributed by atoms with Crippen LogP contribution in [0.4, 0.5) is 0 Å². The van der Waals surface area contributed by atoms with Gasteiger partial charge < -0.3 is 5.73 Å². The fourth-order valence-electron chi connectivity index (χ4n) is 2.17. The zero-order chi connectivity index (χ0) is 11.4. The Morgan fingerprint density at radius 2 is 1.67 bits per heavy atom. The van der Waals surface area contributed by atoms with E-state index in [-0.39, 0.29) is 5.84 Å². The molecule has 1 aromatic rings. The number of rotatable bonds is 4. The Morgan fingerprint density at radius 3 is 2.07 bits per heavy atom. The normalized spacial score (nSPS) is 10.3. The van der Waals surface area contributed by atoms with Crippen LogP contribution in [0.3, 0.4) is 0 Å². The van der Waals surface area contributed by atoms with Crippen molar-refractivity contribution in [2.75, 3.05) is 0 Å². The van der Waals surface area contributed by atoms with E-state index in [9.17, 15) is 0 Å². The summed E-state index contributed by atoms with van der Waals surface area (Å²) in [6.07, 6.45) is 3.02. The number of hydrogen-bond acceptors (Lipinski definition) is 1. The van der Waals surface area contributed by atoms with Crippen LogP contribution in [0.1, 0.15) is 43.0 Å². The van der Waals surface area contributed by atoms with Crippen LogP contribution in [0.5, 0.6) is 0 Å². The highest BCUT2D eigenvalue weighted by Crippen LogP contribution is 2.21. The molecule has 0 aliphatic rings. The molecule has 3 N–H and O–H groups in total. The zero-order valence-electron chi connectivity index (χ0n) is 9.85. The fourth-order valence-corrected chi connectivity index (χ4v) is 2.17. The van der Waals surface area contributed by atoms with Gasteiger partial charge in [0.2, 0.25) is 0 Å². The Hall–Kier alpha value is -1.31. The van der Waals surface area contributed by atoms with Crippen molar-refractivity contribution in [3.63, 3.8) is 0 Å². The first-order valence-electron chi connectivity index (χ1n) is 5.63. The predicted molar refractivity (Wildman–Crippen MR) is 65.6 cm³/mol. The maximum Gasteiger partial charge on any atom is 0.123 e. The average molecular weight is 204 g/mol. The van der Waals surface area contributed by atoms with Crippen LogP contribution in [-0.4, -0.2) is 5.84 Å². The molecule has 15 heavy (non-hydrogen) atoms. The quantitative estimate of drug-likeness (QED) is 0.575. The van der Waals surface area contributed by atoms with Crippen molar-refractivity contribution >= 4 is 5.84 Å². The maximum absolute atomic E-state index is 7.56. The van der Waals surface area contributed by atoms with Gasteiger partial charge in [-0.2, -0.15) is 0 Å². The van der Waals surface area contributed by atoms with E-state index in [4.69, 9.17) is 11.1 Å². The van der Waals surface area contributed by atoms with Crippen LogP contribution < -0.4 is 5.73 Å². The first-order chi connectivity index (χ1) is 7.15. The number of aryl methyl sites for hydroxylation is 1. The van der Waals surface area contributed by atoms with Crippen molar-refractivity contribution < 1.29 is 0 Å². The third kappa shape index (κ3) is 2.20. The summed E-state index contributed by atoms with van der Waals surface area (Å²) in [5.74, 6) is 0.184. The van der Waals surface area contributed by atoms with Gasteiger partial charge in [-0.25, -0.2) is 0 Å². The van der Waals surface area contributed by atoms with E-state index in [1.54, 1.807) is 0 Å². The molecule has 0 amide bonds. The number of nitrogen functional groups attached to an aromatic ring is 1. The minimum Gasteiger partial charge on any atom is -0.384 e. The average Bonchev–Trinajstić information content (AvgIpc) is 2.26. The molecule has 0 unspecified atom stereocenters. The molecule has 0 spiro atoms. The molecular formula is C13H20N2. The second-order valence-electron chi connectivity index (χ2n) is 3.70. The van der Waals surface area contributed by atoms with Crippen LogP contribution in [-0.2, 0) is 19.3 Å². The summed E-state index contributed by atoms with van der Waals surface area (Å²) in [6, 6.07) is 4.09. The second-order valence-corrected chi connectivity index (χ2v) is 3.70. The zero-order valence-corrected chi connectivity index (χ0v) is 9.85. The van der Waals surface area contributed by atoms with Crippen LogP contribution in [0.2, 0.25) is 0 Å². The van der Waals surface area contributed by atoms with Crippen molar-refractivity contribution in [1.82, 2.24) is 0 Å². The van der Waals surface area contributed by atoms with Crippen LogP contribution in [0.15, 0.2) is 12.1 Å². The third-order valence-electron chi connectivity index (χ3n) is 2.91. The van der Waals surface area contributed by atoms with E-state index >= 15 is 0 Å². The molecule has 0 fully saturated rings. The first-order valence-corrected chi connectivity index (χ1v) is 5.63. The van der Waals surface area contributed by atoms with E-state index in [0.717, 1.165) is 24.8 Å². The molecule has 0 atom stereocenters.